The van der Waals surface area contributed by atoms with E-state index in [2.05, 4.69) is 46.3 Å². The van der Waals surface area contributed by atoms with Crippen molar-refractivity contribution in [1.82, 2.24) is 4.90 Å². The molecule has 6 heteroatoms. The fraction of sp³-hybridized carbons (Fsp3) is 0.393. The molecule has 2 aromatic rings. The second-order valence-corrected chi connectivity index (χ2v) is 10.8. The molecule has 5 nitrogen and oxygen atoms in total. The van der Waals surface area contributed by atoms with E-state index in [1.165, 1.54) is 28.3 Å². The van der Waals surface area contributed by atoms with Crippen LogP contribution in [0.1, 0.15) is 66.2 Å². The molecule has 0 aromatic heterocycles. The van der Waals surface area contributed by atoms with E-state index in [1.807, 2.05) is 43.9 Å². The number of ether oxygens (including phenoxy) is 2. The summed E-state index contributed by atoms with van der Waals surface area (Å²) in [6.45, 7) is 7.21. The maximum absolute atomic E-state index is 12.0. The fourth-order valence-corrected chi connectivity index (χ4v) is 5.12. The number of carbonyl (C=O) groups is 1. The van der Waals surface area contributed by atoms with Gasteiger partial charge in [0.15, 0.2) is 0 Å². The number of benzene rings is 2. The Morgan fingerprint density at radius 2 is 1.82 bits per heavy atom. The summed E-state index contributed by atoms with van der Waals surface area (Å²) in [6.07, 6.45) is 4.20. The van der Waals surface area contributed by atoms with Gasteiger partial charge in [-0.15, -0.1) is 0 Å². The van der Waals surface area contributed by atoms with E-state index in [9.17, 15) is 9.90 Å². The van der Waals surface area contributed by atoms with Crippen LogP contribution in [0.3, 0.4) is 0 Å². The molecule has 4 rings (SSSR count). The van der Waals surface area contributed by atoms with Gasteiger partial charge in [-0.1, -0.05) is 52.3 Å². The third-order valence-electron chi connectivity index (χ3n) is 6.06. The van der Waals surface area contributed by atoms with Crippen LogP contribution in [0.15, 0.2) is 52.5 Å². The second-order valence-electron chi connectivity index (χ2n) is 9.88. The van der Waals surface area contributed by atoms with Crippen LogP contribution in [0.2, 0.25) is 0 Å². The third kappa shape index (κ3) is 5.69. The summed E-state index contributed by atoms with van der Waals surface area (Å²) in [5.41, 5.74) is 7.27. The number of allylic oxidation sites excluding steroid dienone is 1. The Hall–Kier alpha value is -2.25. The highest BCUT2D eigenvalue weighted by Gasteiger charge is 2.30. The van der Waals surface area contributed by atoms with E-state index >= 15 is 0 Å². The molecule has 1 atom stereocenters. The zero-order valence-corrected chi connectivity index (χ0v) is 21.8. The van der Waals surface area contributed by atoms with Crippen LogP contribution in [-0.2, 0) is 15.9 Å². The van der Waals surface area contributed by atoms with Gasteiger partial charge in [0, 0.05) is 17.6 Å². The van der Waals surface area contributed by atoms with Crippen molar-refractivity contribution in [2.75, 3.05) is 20.2 Å². The van der Waals surface area contributed by atoms with Gasteiger partial charge in [-0.25, -0.2) is 9.69 Å². The molecule has 0 spiro atoms. The van der Waals surface area contributed by atoms with Gasteiger partial charge in [0.25, 0.3) is 0 Å². The van der Waals surface area contributed by atoms with Gasteiger partial charge in [-0.3, -0.25) is 0 Å². The summed E-state index contributed by atoms with van der Waals surface area (Å²) in [4.78, 5) is 13.9. The highest BCUT2D eigenvalue weighted by molar-refractivity contribution is 9.11. The van der Waals surface area contributed by atoms with Crippen LogP contribution in [0.5, 0.6) is 0 Å². The first-order valence-electron chi connectivity index (χ1n) is 11.6. The molecule has 1 unspecified atom stereocenters. The predicted octanol–water partition coefficient (Wildman–Crippen LogP) is 5.75. The quantitative estimate of drug-likeness (QED) is 0.397. The zero-order valence-electron chi connectivity index (χ0n) is 20.2. The number of nitrogens with zero attached hydrogens (tertiary/aromatic N) is 1. The number of methoxy groups -OCH3 is 1. The number of carbonyl (C=O) groups excluding carboxylic acids is 1. The Kier molecular flexibility index (Phi) is 7.43. The van der Waals surface area contributed by atoms with E-state index in [4.69, 9.17) is 9.47 Å². The van der Waals surface area contributed by atoms with E-state index in [1.54, 1.807) is 0 Å². The molecule has 1 fully saturated rings. The number of rotatable bonds is 5. The van der Waals surface area contributed by atoms with E-state index in [0.29, 0.717) is 18.7 Å². The minimum atomic E-state index is -0.876. The molecule has 2 aliphatic rings. The standard InChI is InChI=1S/C28H32BrNO4/c1-28(2,3)34-27(32)30-16-19(17-30)14-18-8-10-20(11-9-18)25-23-13-12-22(26(31)33-4)15-21(23)6-5-7-24(25)29/h8-15,27,32H,5-7,16-17H2,1-4H3. The summed E-state index contributed by atoms with van der Waals surface area (Å²) in [5.74, 6) is -0.305. The lowest BCUT2D eigenvalue weighted by atomic mass is 9.92. The van der Waals surface area contributed by atoms with Gasteiger partial charge < -0.3 is 14.6 Å². The molecule has 1 aliphatic carbocycles. The molecule has 1 aliphatic heterocycles. The summed E-state index contributed by atoms with van der Waals surface area (Å²) in [6, 6.07) is 14.4. The lowest BCUT2D eigenvalue weighted by Gasteiger charge is -2.39. The van der Waals surface area contributed by atoms with Crippen LogP contribution in [0.4, 0.5) is 0 Å². The maximum atomic E-state index is 12.0. The minimum absolute atomic E-state index is 0.305. The molecular weight excluding hydrogens is 494 g/mol. The summed E-state index contributed by atoms with van der Waals surface area (Å²) < 4.78 is 11.7. The van der Waals surface area contributed by atoms with Crippen molar-refractivity contribution in [3.05, 3.63) is 80.3 Å². The molecule has 2 aromatic carbocycles. The number of aryl methyl sites for hydroxylation is 1. The Balaban J connectivity index is 1.51. The highest BCUT2D eigenvalue weighted by Crippen LogP contribution is 2.38. The predicted molar refractivity (Wildman–Crippen MR) is 139 cm³/mol. The zero-order chi connectivity index (χ0) is 24.5. The van der Waals surface area contributed by atoms with Crippen molar-refractivity contribution in [1.29, 1.82) is 0 Å². The van der Waals surface area contributed by atoms with Gasteiger partial charge in [0.2, 0.25) is 6.41 Å². The van der Waals surface area contributed by atoms with Crippen molar-refractivity contribution < 1.29 is 19.4 Å². The average Bonchev–Trinajstić information content (AvgIpc) is 2.92. The lowest BCUT2D eigenvalue weighted by molar-refractivity contribution is -0.243. The second kappa shape index (κ2) is 10.2. The highest BCUT2D eigenvalue weighted by atomic mass is 79.9. The summed E-state index contributed by atoms with van der Waals surface area (Å²) >= 11 is 3.83. The van der Waals surface area contributed by atoms with Crippen molar-refractivity contribution in [3.63, 3.8) is 0 Å². The van der Waals surface area contributed by atoms with Crippen LogP contribution in [0, 0.1) is 0 Å². The molecular formula is C28H32BrNO4. The first-order valence-corrected chi connectivity index (χ1v) is 12.4. The number of aliphatic hydroxyl groups is 1. The van der Waals surface area contributed by atoms with Crippen LogP contribution >= 0.6 is 15.9 Å². The molecule has 0 radical (unpaired) electrons. The van der Waals surface area contributed by atoms with E-state index < -0.39 is 6.41 Å². The van der Waals surface area contributed by atoms with Gasteiger partial charge in [0.05, 0.1) is 18.3 Å². The molecule has 0 saturated carbocycles. The van der Waals surface area contributed by atoms with Crippen LogP contribution < -0.4 is 0 Å². The Morgan fingerprint density at radius 1 is 1.12 bits per heavy atom. The molecule has 1 heterocycles. The number of fused-ring (bicyclic) bond motifs is 1. The molecule has 34 heavy (non-hydrogen) atoms. The summed E-state index contributed by atoms with van der Waals surface area (Å²) in [5, 5.41) is 10.2. The Bertz CT molecular complexity index is 1120. The number of aliphatic hydroxyl groups excluding tert-OH is 1. The van der Waals surface area contributed by atoms with Crippen LogP contribution in [-0.4, -0.2) is 48.2 Å². The van der Waals surface area contributed by atoms with Crippen LogP contribution in [0.25, 0.3) is 11.6 Å². The number of hydrogen-bond acceptors (Lipinski definition) is 5. The van der Waals surface area contributed by atoms with Gasteiger partial charge in [-0.05, 0) is 85.6 Å². The minimum Gasteiger partial charge on any atom is -0.465 e. The molecule has 1 saturated heterocycles. The smallest absolute Gasteiger partial charge is 0.337 e. The topological polar surface area (TPSA) is 59.0 Å². The van der Waals surface area contributed by atoms with Gasteiger partial charge in [-0.2, -0.15) is 0 Å². The molecule has 180 valence electrons. The SMILES string of the molecule is COC(=O)c1ccc2c(c1)CCCC(Br)=C2c1ccc(C=C2CN(C(O)OC(C)(C)C)C2)cc1. The third-order valence-corrected chi connectivity index (χ3v) is 6.86. The number of halogens is 1. The monoisotopic (exact) mass is 525 g/mol. The van der Waals surface area contributed by atoms with Crippen molar-refractivity contribution >= 4 is 33.5 Å². The number of likely N-dealkylation sites (tertiary alicyclic amines) is 1. The van der Waals surface area contributed by atoms with Crippen molar-refractivity contribution in [2.45, 2.75) is 52.0 Å². The molecule has 1 N–H and O–H groups in total. The normalized spacial score (nSPS) is 17.5. The van der Waals surface area contributed by atoms with E-state index in [0.717, 1.165) is 36.0 Å². The Labute approximate surface area is 210 Å². The van der Waals surface area contributed by atoms with Gasteiger partial charge >= 0.3 is 5.97 Å². The number of esters is 1. The molecule has 0 amide bonds. The first-order chi connectivity index (χ1) is 16.1. The van der Waals surface area contributed by atoms with E-state index in [-0.39, 0.29) is 11.6 Å². The lowest BCUT2D eigenvalue weighted by Crippen LogP contribution is -2.50. The summed E-state index contributed by atoms with van der Waals surface area (Å²) in [7, 11) is 1.41. The van der Waals surface area contributed by atoms with Crippen molar-refractivity contribution in [2.24, 2.45) is 0 Å². The first kappa shape index (κ1) is 24.9. The fourth-order valence-electron chi connectivity index (χ4n) is 4.40. The number of hydrogen-bond donors (Lipinski definition) is 1. The molecule has 0 bridgehead atoms. The van der Waals surface area contributed by atoms with Gasteiger partial charge in [0.1, 0.15) is 0 Å². The largest absolute Gasteiger partial charge is 0.465 e. The average molecular weight is 526 g/mol. The van der Waals surface area contributed by atoms with Crippen molar-refractivity contribution in [3.8, 4) is 0 Å². The Morgan fingerprint density at radius 3 is 2.47 bits per heavy atom. The maximum Gasteiger partial charge on any atom is 0.337 e.